The average Bonchev–Trinajstić information content (AvgIpc) is 2.33. The van der Waals surface area contributed by atoms with Crippen LogP contribution in [0.3, 0.4) is 0 Å². The lowest BCUT2D eigenvalue weighted by Crippen LogP contribution is -2.43. The molecular weight excluding hydrogens is 266 g/mol. The summed E-state index contributed by atoms with van der Waals surface area (Å²) in [6.07, 6.45) is 0.407. The van der Waals surface area contributed by atoms with E-state index in [0.29, 0.717) is 12.6 Å². The summed E-state index contributed by atoms with van der Waals surface area (Å²) in [4.78, 5) is 13.3. The summed E-state index contributed by atoms with van der Waals surface area (Å²) in [5.74, 6) is 0. The molecule has 0 aliphatic heterocycles. The maximum atomic E-state index is 11.7. The van der Waals surface area contributed by atoms with E-state index in [1.807, 2.05) is 20.8 Å². The van der Waals surface area contributed by atoms with Gasteiger partial charge in [-0.25, -0.2) is 4.79 Å². The van der Waals surface area contributed by atoms with E-state index in [4.69, 9.17) is 18.0 Å². The third kappa shape index (κ3) is 6.91. The lowest BCUT2D eigenvalue weighted by molar-refractivity contribution is 0.0295. The third-order valence-electron chi connectivity index (χ3n) is 2.61. The van der Waals surface area contributed by atoms with E-state index in [9.17, 15) is 4.79 Å². The molecule has 0 aliphatic carbocycles. The minimum absolute atomic E-state index is 0.327. The van der Waals surface area contributed by atoms with Gasteiger partial charge in [0, 0.05) is 41.0 Å². The first-order valence-corrected chi connectivity index (χ1v) is 8.22. The van der Waals surface area contributed by atoms with Crippen LogP contribution in [-0.2, 0) is 18.0 Å². The van der Waals surface area contributed by atoms with Crippen LogP contribution in [0.2, 0.25) is 6.04 Å². The van der Waals surface area contributed by atoms with Gasteiger partial charge in [-0.3, -0.25) is 0 Å². The molecule has 0 fully saturated rings. The molecule has 0 saturated heterocycles. The Bertz CT molecular complexity index is 268. The maximum absolute atomic E-state index is 11.7. The third-order valence-corrected chi connectivity index (χ3v) is 5.45. The number of hydrogen-bond acceptors (Lipinski definition) is 5. The molecule has 0 spiro atoms. The van der Waals surface area contributed by atoms with Crippen LogP contribution in [0.5, 0.6) is 0 Å². The summed E-state index contributed by atoms with van der Waals surface area (Å²) in [5.41, 5.74) is -0.477. The smallest absolute Gasteiger partial charge is 0.444 e. The molecule has 0 bridgehead atoms. The summed E-state index contributed by atoms with van der Waals surface area (Å²) in [5, 5.41) is 0. The van der Waals surface area contributed by atoms with E-state index in [1.54, 1.807) is 33.3 Å². The number of carbonyl (C=O) groups is 1. The number of rotatable bonds is 7. The van der Waals surface area contributed by atoms with Gasteiger partial charge >= 0.3 is 14.9 Å². The topological polar surface area (TPSA) is 57.2 Å². The molecule has 0 rings (SSSR count). The molecule has 0 N–H and O–H groups in total. The average molecular weight is 293 g/mol. The molecule has 0 aromatic heterocycles. The first-order valence-electron chi connectivity index (χ1n) is 6.29. The zero-order valence-corrected chi connectivity index (χ0v) is 14.1. The predicted molar refractivity (Wildman–Crippen MR) is 75.1 cm³/mol. The zero-order valence-electron chi connectivity index (χ0n) is 13.1. The Kier molecular flexibility index (Phi) is 7.57. The van der Waals surface area contributed by atoms with Crippen molar-refractivity contribution in [3.05, 3.63) is 0 Å². The largest absolute Gasteiger partial charge is 0.500 e. The van der Waals surface area contributed by atoms with E-state index in [2.05, 4.69) is 0 Å². The molecule has 0 atom stereocenters. The molecule has 0 aliphatic rings. The number of amides is 1. The van der Waals surface area contributed by atoms with Gasteiger partial charge in [-0.05, 0) is 27.2 Å². The summed E-state index contributed by atoms with van der Waals surface area (Å²) in [6.45, 7) is 6.10. The molecule has 114 valence electrons. The van der Waals surface area contributed by atoms with Crippen LogP contribution in [0.4, 0.5) is 4.79 Å². The summed E-state index contributed by atoms with van der Waals surface area (Å²) in [6, 6.07) is 0.656. The van der Waals surface area contributed by atoms with Gasteiger partial charge in [0.1, 0.15) is 5.60 Å². The Morgan fingerprint density at radius 2 is 1.58 bits per heavy atom. The maximum Gasteiger partial charge on any atom is 0.500 e. The molecule has 0 aromatic rings. The Labute approximate surface area is 117 Å². The van der Waals surface area contributed by atoms with Crippen LogP contribution >= 0.6 is 0 Å². The summed E-state index contributed by atoms with van der Waals surface area (Å²) in [7, 11) is 3.91. The normalized spacial score (nSPS) is 12.4. The monoisotopic (exact) mass is 293 g/mol. The molecule has 6 nitrogen and oxygen atoms in total. The highest BCUT2D eigenvalue weighted by atomic mass is 28.4. The molecule has 0 radical (unpaired) electrons. The van der Waals surface area contributed by atoms with Crippen molar-refractivity contribution < 1.29 is 22.8 Å². The van der Waals surface area contributed by atoms with E-state index in [0.717, 1.165) is 6.42 Å². The van der Waals surface area contributed by atoms with Gasteiger partial charge in [-0.1, -0.05) is 0 Å². The fourth-order valence-corrected chi connectivity index (χ4v) is 3.22. The van der Waals surface area contributed by atoms with Crippen LogP contribution in [0.1, 0.15) is 27.2 Å². The minimum Gasteiger partial charge on any atom is -0.444 e. The molecule has 0 aromatic carbocycles. The molecule has 1 amide bonds. The van der Waals surface area contributed by atoms with Crippen molar-refractivity contribution in [3.63, 3.8) is 0 Å². The fourth-order valence-electron chi connectivity index (χ4n) is 1.52. The number of carbonyl (C=O) groups excluding carboxylic acids is 1. The second kappa shape index (κ2) is 7.84. The van der Waals surface area contributed by atoms with Gasteiger partial charge in [0.25, 0.3) is 0 Å². The van der Waals surface area contributed by atoms with Crippen LogP contribution in [-0.4, -0.2) is 60.3 Å². The van der Waals surface area contributed by atoms with Crippen LogP contribution < -0.4 is 0 Å². The van der Waals surface area contributed by atoms with Gasteiger partial charge in [-0.2, -0.15) is 0 Å². The van der Waals surface area contributed by atoms with E-state index >= 15 is 0 Å². The second-order valence-electron chi connectivity index (χ2n) is 5.30. The highest BCUT2D eigenvalue weighted by molar-refractivity contribution is 6.60. The van der Waals surface area contributed by atoms with Crippen LogP contribution in [0, 0.1) is 0 Å². The highest BCUT2D eigenvalue weighted by Gasteiger charge is 2.37. The number of nitrogens with zero attached hydrogens (tertiary/aromatic N) is 1. The van der Waals surface area contributed by atoms with Crippen LogP contribution in [0.25, 0.3) is 0 Å². The fraction of sp³-hybridized carbons (Fsp3) is 0.917. The van der Waals surface area contributed by atoms with Crippen molar-refractivity contribution in [3.8, 4) is 0 Å². The standard InChI is InChI=1S/C12H27NO5Si/c1-12(2,3)18-11(14)13(4)9-8-10-19(15-5,16-6)17-7/h8-10H2,1-7H3. The molecule has 0 unspecified atom stereocenters. The molecule has 7 heteroatoms. The minimum atomic E-state index is -2.54. The highest BCUT2D eigenvalue weighted by Crippen LogP contribution is 2.16. The first kappa shape index (κ1) is 18.4. The number of ether oxygens (including phenoxy) is 1. The lowest BCUT2D eigenvalue weighted by Gasteiger charge is -2.27. The summed E-state index contributed by atoms with van der Waals surface area (Å²) >= 11 is 0. The first-order chi connectivity index (χ1) is 8.69. The molecule has 19 heavy (non-hydrogen) atoms. The van der Waals surface area contributed by atoms with Gasteiger partial charge in [0.05, 0.1) is 0 Å². The zero-order chi connectivity index (χ0) is 15.1. The lowest BCUT2D eigenvalue weighted by atomic mass is 10.2. The Hall–Kier alpha value is -0.633. The molecular formula is C12H27NO5Si. The van der Waals surface area contributed by atoms with E-state index in [-0.39, 0.29) is 6.09 Å². The van der Waals surface area contributed by atoms with Crippen molar-refractivity contribution >= 4 is 14.9 Å². The van der Waals surface area contributed by atoms with Gasteiger partial charge < -0.3 is 22.9 Å². The van der Waals surface area contributed by atoms with Gasteiger partial charge in [0.2, 0.25) is 0 Å². The number of hydrogen-bond donors (Lipinski definition) is 0. The van der Waals surface area contributed by atoms with E-state index < -0.39 is 14.4 Å². The van der Waals surface area contributed by atoms with Crippen molar-refractivity contribution in [1.29, 1.82) is 0 Å². The van der Waals surface area contributed by atoms with Gasteiger partial charge in [-0.15, -0.1) is 0 Å². The van der Waals surface area contributed by atoms with Crippen molar-refractivity contribution in [2.45, 2.75) is 38.8 Å². The Morgan fingerprint density at radius 3 is 1.95 bits per heavy atom. The molecule has 0 saturated carbocycles. The van der Waals surface area contributed by atoms with Crippen molar-refractivity contribution in [2.24, 2.45) is 0 Å². The van der Waals surface area contributed by atoms with Crippen LogP contribution in [0.15, 0.2) is 0 Å². The quantitative estimate of drug-likeness (QED) is 0.673. The van der Waals surface area contributed by atoms with Gasteiger partial charge in [0.15, 0.2) is 0 Å². The van der Waals surface area contributed by atoms with E-state index in [1.165, 1.54) is 0 Å². The predicted octanol–water partition coefficient (Wildman–Crippen LogP) is 2.12. The Morgan fingerprint density at radius 1 is 1.11 bits per heavy atom. The SMILES string of the molecule is CO[Si](CCCN(C)C(=O)OC(C)(C)C)(OC)OC. The molecule has 0 heterocycles. The second-order valence-corrected chi connectivity index (χ2v) is 8.39. The van der Waals surface area contributed by atoms with Crippen molar-refractivity contribution in [2.75, 3.05) is 34.9 Å². The van der Waals surface area contributed by atoms with Crippen molar-refractivity contribution in [1.82, 2.24) is 4.90 Å². The summed E-state index contributed by atoms with van der Waals surface area (Å²) < 4.78 is 21.2. The Balaban J connectivity index is 4.16.